The Morgan fingerprint density at radius 3 is 2.13 bits per heavy atom. The minimum Gasteiger partial charge on any atom is -0.493 e. The van der Waals surface area contributed by atoms with Crippen LogP contribution in [0.5, 0.6) is 11.5 Å². The molecule has 0 aromatic heterocycles. The third-order valence-electron chi connectivity index (χ3n) is 5.72. The monoisotopic (exact) mass is 411 g/mol. The second kappa shape index (κ2) is 10.5. The van der Waals surface area contributed by atoms with Crippen LogP contribution in [0.3, 0.4) is 0 Å². The van der Waals surface area contributed by atoms with Crippen LogP contribution in [-0.2, 0) is 22.5 Å². The van der Waals surface area contributed by atoms with Gasteiger partial charge in [-0.05, 0) is 74.5 Å². The molecule has 1 fully saturated rings. The first-order chi connectivity index (χ1) is 14.5. The van der Waals surface area contributed by atoms with Gasteiger partial charge >= 0.3 is 5.97 Å². The van der Waals surface area contributed by atoms with Gasteiger partial charge in [-0.1, -0.05) is 30.3 Å². The first kappa shape index (κ1) is 22.2. The highest BCUT2D eigenvalue weighted by molar-refractivity contribution is 5.73. The standard InChI is InChI=1S/C25H33NO4/c1-26(2)17-18-5-8-20(9-6-18)21-10-12-22(13-11-21)30-25(27)16-19-7-14-23(28-3)24(15-19)29-4/h5-9,14-15,21-22H,10-13,16-17H2,1-4H3/t21-,22-. The molecule has 0 unspecified atom stereocenters. The lowest BCUT2D eigenvalue weighted by molar-refractivity contribution is -0.149. The van der Waals surface area contributed by atoms with Gasteiger partial charge in [0.2, 0.25) is 0 Å². The molecule has 0 saturated heterocycles. The lowest BCUT2D eigenvalue weighted by Gasteiger charge is -2.28. The second-order valence-electron chi connectivity index (χ2n) is 8.31. The van der Waals surface area contributed by atoms with E-state index in [1.165, 1.54) is 11.1 Å². The highest BCUT2D eigenvalue weighted by Gasteiger charge is 2.25. The predicted octanol–water partition coefficient (Wildman–Crippen LogP) is 4.58. The van der Waals surface area contributed by atoms with Crippen molar-refractivity contribution in [2.45, 2.75) is 50.7 Å². The van der Waals surface area contributed by atoms with Gasteiger partial charge in [-0.25, -0.2) is 0 Å². The van der Waals surface area contributed by atoms with E-state index in [4.69, 9.17) is 14.2 Å². The first-order valence-electron chi connectivity index (χ1n) is 10.6. The maximum atomic E-state index is 12.4. The van der Waals surface area contributed by atoms with Gasteiger partial charge in [0.05, 0.1) is 20.6 Å². The molecule has 0 atom stereocenters. The zero-order valence-corrected chi connectivity index (χ0v) is 18.5. The van der Waals surface area contributed by atoms with Gasteiger partial charge in [0.25, 0.3) is 0 Å². The quantitative estimate of drug-likeness (QED) is 0.595. The molecule has 2 aromatic rings. The van der Waals surface area contributed by atoms with Crippen LogP contribution in [0.15, 0.2) is 42.5 Å². The molecule has 0 aliphatic heterocycles. The highest BCUT2D eigenvalue weighted by atomic mass is 16.5. The van der Waals surface area contributed by atoms with Crippen LogP contribution in [0.2, 0.25) is 0 Å². The Labute approximate surface area is 179 Å². The Bertz CT molecular complexity index is 824. The molecular formula is C25H33NO4. The molecule has 30 heavy (non-hydrogen) atoms. The smallest absolute Gasteiger partial charge is 0.310 e. The fourth-order valence-corrected chi connectivity index (χ4v) is 4.16. The summed E-state index contributed by atoms with van der Waals surface area (Å²) in [6.45, 7) is 0.961. The Kier molecular flexibility index (Phi) is 7.75. The van der Waals surface area contributed by atoms with Gasteiger partial charge in [-0.2, -0.15) is 0 Å². The number of carbonyl (C=O) groups excluding carboxylic acids is 1. The molecule has 2 aromatic carbocycles. The Hall–Kier alpha value is -2.53. The number of rotatable bonds is 8. The molecule has 162 valence electrons. The van der Waals surface area contributed by atoms with E-state index < -0.39 is 0 Å². The normalized spacial score (nSPS) is 18.8. The molecule has 0 amide bonds. The summed E-state index contributed by atoms with van der Waals surface area (Å²) in [6, 6.07) is 14.5. The molecule has 5 heteroatoms. The Morgan fingerprint density at radius 2 is 1.53 bits per heavy atom. The van der Waals surface area contributed by atoms with Crippen molar-refractivity contribution in [3.05, 3.63) is 59.2 Å². The molecule has 0 heterocycles. The van der Waals surface area contributed by atoms with Crippen LogP contribution in [0.25, 0.3) is 0 Å². The second-order valence-corrected chi connectivity index (χ2v) is 8.31. The van der Waals surface area contributed by atoms with Crippen LogP contribution < -0.4 is 9.47 Å². The van der Waals surface area contributed by atoms with E-state index in [1.807, 2.05) is 18.2 Å². The molecule has 0 bridgehead atoms. The van der Waals surface area contributed by atoms with Gasteiger partial charge in [-0.3, -0.25) is 4.79 Å². The third-order valence-corrected chi connectivity index (χ3v) is 5.72. The van der Waals surface area contributed by atoms with Crippen molar-refractivity contribution in [2.75, 3.05) is 28.3 Å². The van der Waals surface area contributed by atoms with Crippen LogP contribution in [0.4, 0.5) is 0 Å². The number of carbonyl (C=O) groups is 1. The minimum atomic E-state index is -0.182. The van der Waals surface area contributed by atoms with Gasteiger partial charge in [0.15, 0.2) is 11.5 Å². The number of hydrogen-bond acceptors (Lipinski definition) is 5. The summed E-state index contributed by atoms with van der Waals surface area (Å²) in [7, 11) is 7.36. The molecule has 3 rings (SSSR count). The van der Waals surface area contributed by atoms with Crippen molar-refractivity contribution in [1.82, 2.24) is 4.90 Å². The van der Waals surface area contributed by atoms with E-state index in [2.05, 4.69) is 43.3 Å². The summed E-state index contributed by atoms with van der Waals surface area (Å²) in [5, 5.41) is 0. The molecule has 0 N–H and O–H groups in total. The Morgan fingerprint density at radius 1 is 0.900 bits per heavy atom. The largest absolute Gasteiger partial charge is 0.493 e. The van der Waals surface area contributed by atoms with Crippen LogP contribution >= 0.6 is 0 Å². The minimum absolute atomic E-state index is 0.0157. The zero-order chi connectivity index (χ0) is 21.5. The molecule has 1 saturated carbocycles. The van der Waals surface area contributed by atoms with Gasteiger partial charge in [-0.15, -0.1) is 0 Å². The Balaban J connectivity index is 1.48. The van der Waals surface area contributed by atoms with Gasteiger partial charge in [0, 0.05) is 6.54 Å². The molecule has 5 nitrogen and oxygen atoms in total. The summed E-state index contributed by atoms with van der Waals surface area (Å²) in [4.78, 5) is 14.6. The van der Waals surface area contributed by atoms with E-state index >= 15 is 0 Å². The summed E-state index contributed by atoms with van der Waals surface area (Å²) < 4.78 is 16.3. The average Bonchev–Trinajstić information content (AvgIpc) is 2.74. The maximum absolute atomic E-state index is 12.4. The molecule has 1 aliphatic carbocycles. The van der Waals surface area contributed by atoms with Gasteiger partial charge < -0.3 is 19.1 Å². The molecular weight excluding hydrogens is 378 g/mol. The average molecular weight is 412 g/mol. The molecule has 0 radical (unpaired) electrons. The van der Waals surface area contributed by atoms with E-state index in [0.29, 0.717) is 17.4 Å². The topological polar surface area (TPSA) is 48.0 Å². The maximum Gasteiger partial charge on any atom is 0.310 e. The number of methoxy groups -OCH3 is 2. The predicted molar refractivity (Wildman–Crippen MR) is 118 cm³/mol. The van der Waals surface area contributed by atoms with Crippen molar-refractivity contribution >= 4 is 5.97 Å². The van der Waals surface area contributed by atoms with Crippen LogP contribution in [0, 0.1) is 0 Å². The lowest BCUT2D eigenvalue weighted by Crippen LogP contribution is -2.24. The SMILES string of the molecule is COc1ccc(CC(=O)O[C@H]2CC[C@H](c3ccc(CN(C)C)cc3)CC2)cc1OC. The number of benzene rings is 2. The van der Waals surface area contributed by atoms with Crippen molar-refractivity contribution in [1.29, 1.82) is 0 Å². The first-order valence-corrected chi connectivity index (χ1v) is 10.6. The van der Waals surface area contributed by atoms with E-state index in [1.54, 1.807) is 14.2 Å². The fourth-order valence-electron chi connectivity index (χ4n) is 4.16. The van der Waals surface area contributed by atoms with Crippen molar-refractivity contribution in [3.63, 3.8) is 0 Å². The zero-order valence-electron chi connectivity index (χ0n) is 18.5. The van der Waals surface area contributed by atoms with Crippen LogP contribution in [-0.4, -0.2) is 45.3 Å². The van der Waals surface area contributed by atoms with Crippen molar-refractivity contribution in [3.8, 4) is 11.5 Å². The third kappa shape index (κ3) is 5.99. The number of hydrogen-bond donors (Lipinski definition) is 0. The van der Waals surface area contributed by atoms with Crippen molar-refractivity contribution in [2.24, 2.45) is 0 Å². The van der Waals surface area contributed by atoms with E-state index in [9.17, 15) is 4.79 Å². The van der Waals surface area contributed by atoms with E-state index in [0.717, 1.165) is 37.8 Å². The molecule has 0 spiro atoms. The number of esters is 1. The van der Waals surface area contributed by atoms with Crippen molar-refractivity contribution < 1.29 is 19.0 Å². The summed E-state index contributed by atoms with van der Waals surface area (Å²) in [5.41, 5.74) is 3.60. The highest BCUT2D eigenvalue weighted by Crippen LogP contribution is 2.34. The number of nitrogens with zero attached hydrogens (tertiary/aromatic N) is 1. The van der Waals surface area contributed by atoms with E-state index in [-0.39, 0.29) is 18.5 Å². The molecule has 1 aliphatic rings. The fraction of sp³-hybridized carbons (Fsp3) is 0.480. The number of ether oxygens (including phenoxy) is 3. The lowest BCUT2D eigenvalue weighted by atomic mass is 9.82. The summed E-state index contributed by atoms with van der Waals surface area (Å²) in [6.07, 6.45) is 4.21. The summed E-state index contributed by atoms with van der Waals surface area (Å²) >= 11 is 0. The summed E-state index contributed by atoms with van der Waals surface area (Å²) in [5.74, 6) is 1.65. The van der Waals surface area contributed by atoms with Gasteiger partial charge in [0.1, 0.15) is 6.10 Å². The van der Waals surface area contributed by atoms with Crippen LogP contribution in [0.1, 0.15) is 48.3 Å².